The van der Waals surface area contributed by atoms with E-state index >= 15 is 0 Å². The molecule has 0 spiro atoms. The van der Waals surface area contributed by atoms with Crippen LogP contribution in [0.15, 0.2) is 18.2 Å². The highest BCUT2D eigenvalue weighted by molar-refractivity contribution is 5.33. The normalized spacial score (nSPS) is 8.40. The fourth-order valence-corrected chi connectivity index (χ4v) is 0.607. The molecule has 1 aromatic rings. The van der Waals surface area contributed by atoms with E-state index in [2.05, 4.69) is 6.07 Å². The van der Waals surface area contributed by atoms with Crippen molar-refractivity contribution in [3.63, 3.8) is 0 Å². The molecule has 0 aliphatic heterocycles. The molecule has 2 heteroatoms. The second kappa shape index (κ2) is 2.88. The van der Waals surface area contributed by atoms with Gasteiger partial charge in [0.1, 0.15) is 5.75 Å². The van der Waals surface area contributed by atoms with E-state index in [4.69, 9.17) is 10.00 Å². The van der Waals surface area contributed by atoms with Gasteiger partial charge in [-0.15, -0.1) is 0 Å². The Morgan fingerprint density at radius 1 is 1.60 bits per heavy atom. The summed E-state index contributed by atoms with van der Waals surface area (Å²) in [5.41, 5.74) is 0.598. The standard InChI is InChI=1S/C8H6NO/c1-10-8-4-2-7(6-9)3-5-8/h2-4H,1H3. The summed E-state index contributed by atoms with van der Waals surface area (Å²) in [6.07, 6.45) is 0. The topological polar surface area (TPSA) is 33.0 Å². The average molecular weight is 132 g/mol. The first-order valence-corrected chi connectivity index (χ1v) is 2.82. The molecule has 0 N–H and O–H groups in total. The summed E-state index contributed by atoms with van der Waals surface area (Å²) in [6, 6.07) is 9.78. The Labute approximate surface area is 59.7 Å². The third-order valence-corrected chi connectivity index (χ3v) is 1.13. The minimum absolute atomic E-state index is 0.598. The summed E-state index contributed by atoms with van der Waals surface area (Å²) in [7, 11) is 1.57. The molecule has 0 saturated carbocycles. The summed E-state index contributed by atoms with van der Waals surface area (Å²) < 4.78 is 4.85. The number of rotatable bonds is 1. The fourth-order valence-electron chi connectivity index (χ4n) is 0.607. The predicted octanol–water partition coefficient (Wildman–Crippen LogP) is 1.37. The van der Waals surface area contributed by atoms with Gasteiger partial charge in [-0.25, -0.2) is 0 Å². The molecule has 0 unspecified atom stereocenters. The molecule has 2 nitrogen and oxygen atoms in total. The van der Waals surface area contributed by atoms with E-state index in [1.165, 1.54) is 0 Å². The van der Waals surface area contributed by atoms with Crippen molar-refractivity contribution in [1.82, 2.24) is 0 Å². The summed E-state index contributed by atoms with van der Waals surface area (Å²) in [6.45, 7) is 0. The lowest BCUT2D eigenvalue weighted by Crippen LogP contribution is -1.81. The van der Waals surface area contributed by atoms with E-state index in [9.17, 15) is 0 Å². The molecule has 10 heavy (non-hydrogen) atoms. The molecular weight excluding hydrogens is 126 g/mol. The lowest BCUT2D eigenvalue weighted by atomic mass is 10.2. The molecule has 0 aromatic heterocycles. The summed E-state index contributed by atoms with van der Waals surface area (Å²) >= 11 is 0. The van der Waals surface area contributed by atoms with E-state index < -0.39 is 0 Å². The van der Waals surface area contributed by atoms with Crippen LogP contribution < -0.4 is 4.74 Å². The first kappa shape index (κ1) is 6.63. The molecule has 0 saturated heterocycles. The Balaban J connectivity index is 2.93. The van der Waals surface area contributed by atoms with Gasteiger partial charge < -0.3 is 4.74 Å². The van der Waals surface area contributed by atoms with Gasteiger partial charge in [0.25, 0.3) is 0 Å². The van der Waals surface area contributed by atoms with Crippen molar-refractivity contribution < 1.29 is 4.74 Å². The van der Waals surface area contributed by atoms with Crippen molar-refractivity contribution in [2.45, 2.75) is 0 Å². The first-order valence-electron chi connectivity index (χ1n) is 2.82. The van der Waals surface area contributed by atoms with E-state index in [0.717, 1.165) is 0 Å². The van der Waals surface area contributed by atoms with Gasteiger partial charge in [0.15, 0.2) is 0 Å². The lowest BCUT2D eigenvalue weighted by molar-refractivity contribution is 0.414. The number of hydrogen-bond donors (Lipinski definition) is 0. The van der Waals surface area contributed by atoms with Gasteiger partial charge in [0, 0.05) is 6.07 Å². The summed E-state index contributed by atoms with van der Waals surface area (Å²) in [5, 5.41) is 8.39. The van der Waals surface area contributed by atoms with Crippen molar-refractivity contribution >= 4 is 0 Å². The highest BCUT2D eigenvalue weighted by Gasteiger charge is 1.90. The van der Waals surface area contributed by atoms with E-state index in [1.54, 1.807) is 25.3 Å². The summed E-state index contributed by atoms with van der Waals surface area (Å²) in [5.74, 6) is 0.652. The van der Waals surface area contributed by atoms with Gasteiger partial charge in [0.05, 0.1) is 18.7 Å². The SMILES string of the molecule is COc1[c]cc(C#N)cc1. The Bertz CT molecular complexity index is 245. The van der Waals surface area contributed by atoms with Crippen LogP contribution in [0.3, 0.4) is 0 Å². The van der Waals surface area contributed by atoms with Crippen LogP contribution in [0.2, 0.25) is 0 Å². The van der Waals surface area contributed by atoms with Crippen LogP contribution in [0.4, 0.5) is 0 Å². The number of ether oxygens (including phenoxy) is 1. The van der Waals surface area contributed by atoms with Crippen molar-refractivity contribution in [2.24, 2.45) is 0 Å². The van der Waals surface area contributed by atoms with Gasteiger partial charge in [-0.2, -0.15) is 5.26 Å². The molecule has 0 fully saturated rings. The molecule has 0 amide bonds. The van der Waals surface area contributed by atoms with Crippen molar-refractivity contribution in [3.05, 3.63) is 29.8 Å². The maximum absolute atomic E-state index is 8.39. The smallest absolute Gasteiger partial charge is 0.126 e. The fraction of sp³-hybridized carbons (Fsp3) is 0.125. The predicted molar refractivity (Wildman–Crippen MR) is 36.5 cm³/mol. The van der Waals surface area contributed by atoms with Crippen molar-refractivity contribution in [3.8, 4) is 11.8 Å². The largest absolute Gasteiger partial charge is 0.496 e. The average Bonchev–Trinajstić information content (AvgIpc) is 2.05. The maximum atomic E-state index is 8.39. The lowest BCUT2D eigenvalue weighted by Gasteiger charge is -1.95. The van der Waals surface area contributed by atoms with Crippen molar-refractivity contribution in [1.29, 1.82) is 5.26 Å². The van der Waals surface area contributed by atoms with Gasteiger partial charge in [-0.3, -0.25) is 0 Å². The monoisotopic (exact) mass is 132 g/mol. The van der Waals surface area contributed by atoms with E-state index in [-0.39, 0.29) is 0 Å². The zero-order valence-electron chi connectivity index (χ0n) is 5.59. The molecule has 1 aromatic carbocycles. The Morgan fingerprint density at radius 2 is 2.40 bits per heavy atom. The molecule has 0 heterocycles. The van der Waals surface area contributed by atoms with Crippen LogP contribution in [-0.2, 0) is 0 Å². The molecular formula is C8H6NO. The zero-order valence-corrected chi connectivity index (χ0v) is 5.59. The molecule has 1 radical (unpaired) electrons. The molecule has 49 valence electrons. The Hall–Kier alpha value is -1.49. The second-order valence-electron chi connectivity index (χ2n) is 1.76. The maximum Gasteiger partial charge on any atom is 0.126 e. The van der Waals surface area contributed by atoms with Crippen LogP contribution in [0.25, 0.3) is 0 Å². The van der Waals surface area contributed by atoms with E-state index in [0.29, 0.717) is 11.3 Å². The number of nitrogens with zero attached hydrogens (tertiary/aromatic N) is 1. The Morgan fingerprint density at radius 3 is 2.80 bits per heavy atom. The van der Waals surface area contributed by atoms with Gasteiger partial charge in [-0.05, 0) is 18.2 Å². The highest BCUT2D eigenvalue weighted by Crippen LogP contribution is 2.08. The van der Waals surface area contributed by atoms with Crippen LogP contribution >= 0.6 is 0 Å². The number of hydrogen-bond acceptors (Lipinski definition) is 2. The minimum atomic E-state index is 0.598. The molecule has 1 rings (SSSR count). The third-order valence-electron chi connectivity index (χ3n) is 1.13. The quantitative estimate of drug-likeness (QED) is 0.578. The third kappa shape index (κ3) is 1.26. The zero-order chi connectivity index (χ0) is 7.40. The van der Waals surface area contributed by atoms with Gasteiger partial charge in [0.2, 0.25) is 0 Å². The summed E-state index contributed by atoms with van der Waals surface area (Å²) in [4.78, 5) is 0. The Kier molecular flexibility index (Phi) is 1.91. The second-order valence-corrected chi connectivity index (χ2v) is 1.76. The van der Waals surface area contributed by atoms with Crippen LogP contribution in [-0.4, -0.2) is 7.11 Å². The van der Waals surface area contributed by atoms with Gasteiger partial charge in [-0.1, -0.05) is 0 Å². The minimum Gasteiger partial charge on any atom is -0.496 e. The number of benzene rings is 1. The number of methoxy groups -OCH3 is 1. The molecule has 0 bridgehead atoms. The molecule has 0 atom stereocenters. The molecule has 0 aliphatic rings. The molecule has 0 aliphatic carbocycles. The van der Waals surface area contributed by atoms with Crippen LogP contribution in [0.1, 0.15) is 5.56 Å². The van der Waals surface area contributed by atoms with Crippen LogP contribution in [0, 0.1) is 17.4 Å². The van der Waals surface area contributed by atoms with Crippen LogP contribution in [0.5, 0.6) is 5.75 Å². The van der Waals surface area contributed by atoms with Crippen molar-refractivity contribution in [2.75, 3.05) is 7.11 Å². The van der Waals surface area contributed by atoms with E-state index in [1.807, 2.05) is 6.07 Å². The highest BCUT2D eigenvalue weighted by atomic mass is 16.5. The van der Waals surface area contributed by atoms with Gasteiger partial charge >= 0.3 is 0 Å². The first-order chi connectivity index (χ1) is 4.86. The number of nitriles is 1.